The van der Waals surface area contributed by atoms with Gasteiger partial charge >= 0.3 is 0 Å². The lowest BCUT2D eigenvalue weighted by Gasteiger charge is -2.10. The number of rotatable bonds is 5. The molecule has 1 aliphatic rings. The summed E-state index contributed by atoms with van der Waals surface area (Å²) < 4.78 is 2.05. The summed E-state index contributed by atoms with van der Waals surface area (Å²) in [5.74, 6) is 0. The van der Waals surface area contributed by atoms with Crippen molar-refractivity contribution in [2.24, 2.45) is 0 Å². The first-order chi connectivity index (χ1) is 11.0. The topological polar surface area (TPSA) is 73.0 Å². The van der Waals surface area contributed by atoms with Crippen LogP contribution in [0.4, 0.5) is 11.4 Å². The van der Waals surface area contributed by atoms with Crippen molar-refractivity contribution in [3.63, 3.8) is 0 Å². The minimum Gasteiger partial charge on any atom is -0.378 e. The zero-order valence-electron chi connectivity index (χ0n) is 13.0. The van der Waals surface area contributed by atoms with Crippen molar-refractivity contribution in [2.75, 3.05) is 5.32 Å². The Labute approximate surface area is 139 Å². The van der Waals surface area contributed by atoms with Crippen molar-refractivity contribution < 1.29 is 4.92 Å². The van der Waals surface area contributed by atoms with E-state index in [2.05, 4.69) is 10.4 Å². The van der Waals surface area contributed by atoms with Crippen LogP contribution in [0.25, 0.3) is 0 Å². The van der Waals surface area contributed by atoms with E-state index in [1.807, 2.05) is 16.9 Å². The zero-order chi connectivity index (χ0) is 16.4. The van der Waals surface area contributed by atoms with Gasteiger partial charge in [0, 0.05) is 17.8 Å². The molecule has 1 fully saturated rings. The van der Waals surface area contributed by atoms with Gasteiger partial charge < -0.3 is 5.32 Å². The highest BCUT2D eigenvalue weighted by Crippen LogP contribution is 2.31. The quantitative estimate of drug-likeness (QED) is 0.646. The van der Waals surface area contributed by atoms with E-state index in [0.717, 1.165) is 5.69 Å². The van der Waals surface area contributed by atoms with Gasteiger partial charge in [0.15, 0.2) is 0 Å². The van der Waals surface area contributed by atoms with Gasteiger partial charge in [0.1, 0.15) is 0 Å². The number of nitrogens with one attached hydrogen (secondary N) is 1. The number of aryl methyl sites for hydroxylation is 1. The molecule has 1 aliphatic carbocycles. The summed E-state index contributed by atoms with van der Waals surface area (Å²) >= 11 is 6.13. The molecule has 0 unspecified atom stereocenters. The van der Waals surface area contributed by atoms with Crippen molar-refractivity contribution in [3.05, 3.63) is 50.8 Å². The van der Waals surface area contributed by atoms with E-state index in [9.17, 15) is 10.1 Å². The van der Waals surface area contributed by atoms with Gasteiger partial charge in [0.2, 0.25) is 0 Å². The number of nitrogens with zero attached hydrogens (tertiary/aromatic N) is 3. The summed E-state index contributed by atoms with van der Waals surface area (Å²) in [6.45, 7) is 2.24. The lowest BCUT2D eigenvalue weighted by Crippen LogP contribution is -2.07. The molecule has 0 atom stereocenters. The van der Waals surface area contributed by atoms with E-state index >= 15 is 0 Å². The van der Waals surface area contributed by atoms with Crippen LogP contribution < -0.4 is 5.32 Å². The van der Waals surface area contributed by atoms with E-state index in [-0.39, 0.29) is 5.69 Å². The first-order valence-electron chi connectivity index (χ1n) is 7.77. The van der Waals surface area contributed by atoms with E-state index < -0.39 is 4.92 Å². The highest BCUT2D eigenvalue weighted by Gasteiger charge is 2.18. The Morgan fingerprint density at radius 2 is 2.17 bits per heavy atom. The van der Waals surface area contributed by atoms with Gasteiger partial charge in [-0.25, -0.2) is 0 Å². The number of halogens is 1. The van der Waals surface area contributed by atoms with Crippen LogP contribution in [0.5, 0.6) is 0 Å². The molecule has 1 aromatic carbocycles. The Kier molecular flexibility index (Phi) is 4.52. The van der Waals surface area contributed by atoms with Crippen molar-refractivity contribution >= 4 is 23.0 Å². The normalized spacial score (nSPS) is 15.0. The molecule has 23 heavy (non-hydrogen) atoms. The highest BCUT2D eigenvalue weighted by molar-refractivity contribution is 6.33. The smallest absolute Gasteiger partial charge is 0.273 e. The monoisotopic (exact) mass is 334 g/mol. The lowest BCUT2D eigenvalue weighted by atomic mass is 10.2. The fraction of sp³-hybridized carbons (Fsp3) is 0.438. The maximum Gasteiger partial charge on any atom is 0.273 e. The van der Waals surface area contributed by atoms with Gasteiger partial charge in [-0.3, -0.25) is 14.8 Å². The van der Waals surface area contributed by atoms with Gasteiger partial charge in [0.05, 0.1) is 33.9 Å². The first-order valence-corrected chi connectivity index (χ1v) is 8.15. The summed E-state index contributed by atoms with van der Waals surface area (Å²) in [6, 6.07) is 5.61. The van der Waals surface area contributed by atoms with Crippen molar-refractivity contribution in [2.45, 2.75) is 45.2 Å². The number of benzene rings is 1. The van der Waals surface area contributed by atoms with E-state index in [0.29, 0.717) is 28.9 Å². The number of aromatic nitrogens is 2. The Morgan fingerprint density at radius 3 is 2.87 bits per heavy atom. The molecule has 0 spiro atoms. The maximum absolute atomic E-state index is 10.9. The third-order valence-corrected chi connectivity index (χ3v) is 4.62. The van der Waals surface area contributed by atoms with Gasteiger partial charge in [0.25, 0.3) is 5.69 Å². The molecular weight excluding hydrogens is 316 g/mol. The molecular formula is C16H19ClN4O2. The molecule has 2 aromatic rings. The average molecular weight is 335 g/mol. The fourth-order valence-corrected chi connectivity index (χ4v) is 3.26. The third kappa shape index (κ3) is 3.47. The van der Waals surface area contributed by atoms with Crippen molar-refractivity contribution in [3.8, 4) is 0 Å². The lowest BCUT2D eigenvalue weighted by molar-refractivity contribution is -0.385. The summed E-state index contributed by atoms with van der Waals surface area (Å²) in [6.07, 6.45) is 6.96. The van der Waals surface area contributed by atoms with E-state index in [1.165, 1.54) is 31.7 Å². The second kappa shape index (κ2) is 6.58. The molecule has 0 radical (unpaired) electrons. The van der Waals surface area contributed by atoms with E-state index in [4.69, 9.17) is 11.6 Å². The van der Waals surface area contributed by atoms with Crippen molar-refractivity contribution in [1.29, 1.82) is 0 Å². The molecule has 1 aromatic heterocycles. The maximum atomic E-state index is 10.9. The standard InChI is InChI=1S/C16H19ClN4O2/c1-11-8-15(14(17)9-16(11)21(22)23)18-10-12-6-7-20(19-12)13-4-2-3-5-13/h6-9,13,18H,2-5,10H2,1H3. The highest BCUT2D eigenvalue weighted by atomic mass is 35.5. The summed E-state index contributed by atoms with van der Waals surface area (Å²) in [7, 11) is 0. The molecule has 0 aliphatic heterocycles. The van der Waals surface area contributed by atoms with Gasteiger partial charge in [-0.05, 0) is 31.9 Å². The van der Waals surface area contributed by atoms with Gasteiger partial charge in [-0.15, -0.1) is 0 Å². The predicted octanol–water partition coefficient (Wildman–Crippen LogP) is 4.48. The minimum atomic E-state index is -0.422. The van der Waals surface area contributed by atoms with Crippen LogP contribution >= 0.6 is 11.6 Å². The first kappa shape index (κ1) is 15.8. The van der Waals surface area contributed by atoms with Gasteiger partial charge in [-0.2, -0.15) is 5.10 Å². The molecule has 7 heteroatoms. The largest absolute Gasteiger partial charge is 0.378 e. The third-order valence-electron chi connectivity index (χ3n) is 4.30. The molecule has 0 amide bonds. The van der Waals surface area contributed by atoms with Crippen LogP contribution in [0.2, 0.25) is 5.02 Å². The Hall–Kier alpha value is -2.08. The van der Waals surface area contributed by atoms with Crippen LogP contribution in [0, 0.1) is 17.0 Å². The number of anilines is 1. The number of hydrogen-bond donors (Lipinski definition) is 1. The summed E-state index contributed by atoms with van der Waals surface area (Å²) in [5.41, 5.74) is 2.23. The number of hydrogen-bond acceptors (Lipinski definition) is 4. The Bertz CT molecular complexity index is 723. The minimum absolute atomic E-state index is 0.0334. The van der Waals surface area contributed by atoms with Crippen LogP contribution in [0.1, 0.15) is 43.0 Å². The molecule has 1 N–H and O–H groups in total. The van der Waals surface area contributed by atoms with Crippen LogP contribution in [-0.2, 0) is 6.54 Å². The predicted molar refractivity (Wildman–Crippen MR) is 89.9 cm³/mol. The molecule has 122 valence electrons. The second-order valence-corrected chi connectivity index (χ2v) is 6.36. The van der Waals surface area contributed by atoms with Crippen molar-refractivity contribution in [1.82, 2.24) is 9.78 Å². The molecule has 6 nitrogen and oxygen atoms in total. The number of nitro groups is 1. The molecule has 0 bridgehead atoms. The number of nitro benzene ring substituents is 1. The Morgan fingerprint density at radius 1 is 1.43 bits per heavy atom. The summed E-state index contributed by atoms with van der Waals surface area (Å²) in [5, 5.41) is 19.1. The zero-order valence-corrected chi connectivity index (χ0v) is 13.7. The van der Waals surface area contributed by atoms with Crippen LogP contribution in [-0.4, -0.2) is 14.7 Å². The van der Waals surface area contributed by atoms with Crippen LogP contribution in [0.15, 0.2) is 24.4 Å². The fourth-order valence-electron chi connectivity index (χ4n) is 3.03. The molecule has 1 saturated carbocycles. The molecule has 1 heterocycles. The second-order valence-electron chi connectivity index (χ2n) is 5.95. The van der Waals surface area contributed by atoms with Gasteiger partial charge in [-0.1, -0.05) is 24.4 Å². The molecule has 0 saturated heterocycles. The van der Waals surface area contributed by atoms with Crippen LogP contribution in [0.3, 0.4) is 0 Å². The van der Waals surface area contributed by atoms with E-state index in [1.54, 1.807) is 13.0 Å². The Balaban J connectivity index is 1.68. The summed E-state index contributed by atoms with van der Waals surface area (Å²) in [4.78, 5) is 10.5. The molecule has 3 rings (SSSR count). The SMILES string of the molecule is Cc1cc(NCc2ccn(C3CCCC3)n2)c(Cl)cc1[N+](=O)[O-]. The average Bonchev–Trinajstić information content (AvgIpc) is 3.17.